The van der Waals surface area contributed by atoms with E-state index in [1.54, 1.807) is 11.6 Å². The minimum absolute atomic E-state index is 0.0464. The average molecular weight is 438 g/mol. The number of aromatic nitrogens is 6. The Morgan fingerprint density at radius 1 is 1.25 bits per heavy atom. The number of benzene rings is 1. The molecule has 0 amide bonds. The van der Waals surface area contributed by atoms with Crippen LogP contribution in [0.25, 0.3) is 27.7 Å². The van der Waals surface area contributed by atoms with Gasteiger partial charge in [-0.05, 0) is 50.5 Å². The summed E-state index contributed by atoms with van der Waals surface area (Å²) in [4.78, 5) is 4.61. The number of rotatable bonds is 8. The predicted molar refractivity (Wildman–Crippen MR) is 120 cm³/mol. The molecule has 3 aromatic heterocycles. The first kappa shape index (κ1) is 20.7. The first-order chi connectivity index (χ1) is 15.6. The van der Waals surface area contributed by atoms with Crippen molar-refractivity contribution in [3.8, 4) is 17.0 Å². The Balaban J connectivity index is 1.45. The molecule has 0 bridgehead atoms. The molecule has 1 saturated carbocycles. The molecule has 1 fully saturated rings. The van der Waals surface area contributed by atoms with Crippen LogP contribution in [0.3, 0.4) is 0 Å². The minimum atomic E-state index is 0.0464. The van der Waals surface area contributed by atoms with Crippen LogP contribution in [0.2, 0.25) is 0 Å². The monoisotopic (exact) mass is 437 g/mol. The van der Waals surface area contributed by atoms with Crippen LogP contribution in [0.15, 0.2) is 30.5 Å². The predicted octanol–water partition coefficient (Wildman–Crippen LogP) is 2.68. The van der Waals surface area contributed by atoms with Crippen molar-refractivity contribution in [3.05, 3.63) is 30.5 Å². The third-order valence-electron chi connectivity index (χ3n) is 5.82. The van der Waals surface area contributed by atoms with Gasteiger partial charge in [-0.15, -0.1) is 10.2 Å². The summed E-state index contributed by atoms with van der Waals surface area (Å²) in [6.07, 6.45) is 3.80. The smallest absolute Gasteiger partial charge is 0.244 e. The van der Waals surface area contributed by atoms with Gasteiger partial charge in [-0.25, -0.2) is 9.20 Å². The van der Waals surface area contributed by atoms with Gasteiger partial charge in [0.1, 0.15) is 11.0 Å². The van der Waals surface area contributed by atoms with Crippen molar-refractivity contribution in [3.63, 3.8) is 0 Å². The van der Waals surface area contributed by atoms with E-state index in [1.807, 2.05) is 29.1 Å². The van der Waals surface area contributed by atoms with Crippen LogP contribution >= 0.6 is 0 Å². The maximum absolute atomic E-state index is 8.87. The number of nitrogens with one attached hydrogen (secondary N) is 1. The molecular weight excluding hydrogens is 410 g/mol. The van der Waals surface area contributed by atoms with Gasteiger partial charge in [-0.1, -0.05) is 11.3 Å². The highest BCUT2D eigenvalue weighted by atomic mass is 16.5. The lowest BCUT2D eigenvalue weighted by atomic mass is 9.89. The molecule has 0 saturated heterocycles. The molecule has 5 rings (SSSR count). The van der Waals surface area contributed by atoms with E-state index in [0.29, 0.717) is 18.4 Å². The second kappa shape index (κ2) is 8.36. The highest BCUT2D eigenvalue weighted by Crippen LogP contribution is 2.34. The zero-order valence-corrected chi connectivity index (χ0v) is 18.4. The second-order valence-corrected chi connectivity index (χ2v) is 8.33. The van der Waals surface area contributed by atoms with Crippen molar-refractivity contribution in [2.45, 2.75) is 44.9 Å². The summed E-state index contributed by atoms with van der Waals surface area (Å²) in [5.74, 6) is 1.02. The SMILES string of the molecule is COc1nc(N[C@H]2C[C@@H](OCCO)C2)nn2ccc(-c3ccc4nnn(C(C)C)c4c3)c12. The van der Waals surface area contributed by atoms with Crippen LogP contribution in [-0.4, -0.2) is 67.2 Å². The number of ether oxygens (including phenoxy) is 2. The van der Waals surface area contributed by atoms with Gasteiger partial charge in [-0.3, -0.25) is 0 Å². The first-order valence-corrected chi connectivity index (χ1v) is 10.8. The van der Waals surface area contributed by atoms with Crippen LogP contribution in [0.4, 0.5) is 5.95 Å². The Morgan fingerprint density at radius 3 is 2.84 bits per heavy atom. The van der Waals surface area contributed by atoms with Gasteiger partial charge >= 0.3 is 0 Å². The topological polar surface area (TPSA) is 112 Å². The Kier molecular flexibility index (Phi) is 5.40. The molecule has 1 aliphatic carbocycles. The summed E-state index contributed by atoms with van der Waals surface area (Å²) in [5, 5.41) is 25.4. The molecule has 168 valence electrons. The van der Waals surface area contributed by atoms with Crippen LogP contribution in [0.5, 0.6) is 5.88 Å². The minimum Gasteiger partial charge on any atom is -0.479 e. The zero-order chi connectivity index (χ0) is 22.2. The van der Waals surface area contributed by atoms with Gasteiger partial charge in [0.25, 0.3) is 0 Å². The van der Waals surface area contributed by atoms with Crippen molar-refractivity contribution in [2.75, 3.05) is 25.6 Å². The van der Waals surface area contributed by atoms with Gasteiger partial charge in [0.05, 0.1) is 31.9 Å². The molecular formula is C22H27N7O3. The van der Waals surface area contributed by atoms with Gasteiger partial charge < -0.3 is 19.9 Å². The fourth-order valence-electron chi connectivity index (χ4n) is 4.14. The summed E-state index contributed by atoms with van der Waals surface area (Å²) >= 11 is 0. The fourth-order valence-corrected chi connectivity index (χ4v) is 4.14. The molecule has 2 N–H and O–H groups in total. The largest absolute Gasteiger partial charge is 0.479 e. The molecule has 1 aromatic carbocycles. The number of methoxy groups -OCH3 is 1. The van der Waals surface area contributed by atoms with E-state index in [2.05, 4.69) is 45.6 Å². The van der Waals surface area contributed by atoms with E-state index in [4.69, 9.17) is 14.6 Å². The van der Waals surface area contributed by atoms with E-state index < -0.39 is 0 Å². The number of aliphatic hydroxyl groups is 1. The van der Waals surface area contributed by atoms with E-state index in [9.17, 15) is 0 Å². The summed E-state index contributed by atoms with van der Waals surface area (Å²) < 4.78 is 14.9. The van der Waals surface area contributed by atoms with Crippen molar-refractivity contribution in [2.24, 2.45) is 0 Å². The van der Waals surface area contributed by atoms with E-state index >= 15 is 0 Å². The van der Waals surface area contributed by atoms with Crippen LogP contribution in [-0.2, 0) is 4.74 Å². The number of nitrogens with zero attached hydrogens (tertiary/aromatic N) is 6. The maximum atomic E-state index is 8.87. The molecule has 32 heavy (non-hydrogen) atoms. The molecule has 0 aliphatic heterocycles. The molecule has 3 heterocycles. The average Bonchev–Trinajstić information content (AvgIpc) is 3.38. The van der Waals surface area contributed by atoms with Crippen LogP contribution < -0.4 is 10.1 Å². The summed E-state index contributed by atoms with van der Waals surface area (Å²) in [6, 6.07) is 8.58. The molecule has 10 heteroatoms. The van der Waals surface area contributed by atoms with E-state index in [-0.39, 0.29) is 24.8 Å². The number of hydrogen-bond acceptors (Lipinski definition) is 8. The third kappa shape index (κ3) is 3.65. The number of hydrogen-bond donors (Lipinski definition) is 2. The number of fused-ring (bicyclic) bond motifs is 2. The van der Waals surface area contributed by atoms with Crippen LogP contribution in [0.1, 0.15) is 32.7 Å². The molecule has 0 radical (unpaired) electrons. The molecule has 0 spiro atoms. The lowest BCUT2D eigenvalue weighted by Crippen LogP contribution is -2.41. The van der Waals surface area contributed by atoms with Gasteiger partial charge in [0.15, 0.2) is 0 Å². The molecule has 4 aromatic rings. The molecule has 0 unspecified atom stereocenters. The third-order valence-corrected chi connectivity index (χ3v) is 5.82. The fraction of sp³-hybridized carbons (Fsp3) is 0.455. The normalized spacial score (nSPS) is 18.4. The summed E-state index contributed by atoms with van der Waals surface area (Å²) in [5.41, 5.74) is 4.65. The van der Waals surface area contributed by atoms with Crippen molar-refractivity contribution < 1.29 is 14.6 Å². The maximum Gasteiger partial charge on any atom is 0.244 e. The Hall–Kier alpha value is -3.24. The molecule has 10 nitrogen and oxygen atoms in total. The van der Waals surface area contributed by atoms with E-state index in [0.717, 1.165) is 40.5 Å². The summed E-state index contributed by atoms with van der Waals surface area (Å²) in [6.45, 7) is 4.59. The zero-order valence-electron chi connectivity index (χ0n) is 18.4. The van der Waals surface area contributed by atoms with Crippen LogP contribution in [0, 0.1) is 0 Å². The van der Waals surface area contributed by atoms with Gasteiger partial charge in [-0.2, -0.15) is 4.98 Å². The number of aliphatic hydroxyl groups excluding tert-OH is 1. The van der Waals surface area contributed by atoms with Crippen molar-refractivity contribution in [1.82, 2.24) is 29.6 Å². The lowest BCUT2D eigenvalue weighted by Gasteiger charge is -2.35. The Morgan fingerprint density at radius 2 is 2.09 bits per heavy atom. The lowest BCUT2D eigenvalue weighted by molar-refractivity contribution is -0.0196. The molecule has 1 aliphatic rings. The Bertz CT molecular complexity index is 1240. The highest BCUT2D eigenvalue weighted by molar-refractivity contribution is 5.89. The quantitative estimate of drug-likeness (QED) is 0.433. The van der Waals surface area contributed by atoms with Gasteiger partial charge in [0.2, 0.25) is 11.8 Å². The van der Waals surface area contributed by atoms with Gasteiger partial charge in [0, 0.05) is 23.8 Å². The standard InChI is InChI=1S/C22H27N7O3/c1-13(2)29-19-10-14(4-5-18(19)25-27-29)17-6-7-28-20(17)21(31-3)24-22(26-28)23-15-11-16(12-15)32-9-8-30/h4-7,10,13,15-16,30H,8-9,11-12H2,1-3H3,(H,23,26)/t15-,16+. The highest BCUT2D eigenvalue weighted by Gasteiger charge is 2.30. The van der Waals surface area contributed by atoms with Crippen molar-refractivity contribution >= 4 is 22.5 Å². The number of anilines is 1. The second-order valence-electron chi connectivity index (χ2n) is 8.33. The first-order valence-electron chi connectivity index (χ1n) is 10.8. The molecule has 0 atom stereocenters. The summed E-state index contributed by atoms with van der Waals surface area (Å²) in [7, 11) is 1.62. The van der Waals surface area contributed by atoms with E-state index in [1.165, 1.54) is 0 Å². The van der Waals surface area contributed by atoms with Crippen molar-refractivity contribution in [1.29, 1.82) is 0 Å². The Labute approximate surface area is 185 Å².